The second-order valence-electron chi connectivity index (χ2n) is 6.80. The summed E-state index contributed by atoms with van der Waals surface area (Å²) in [6, 6.07) is 9.47. The number of anilines is 1. The lowest BCUT2D eigenvalue weighted by atomic mass is 10.1. The minimum atomic E-state index is -4.24. The first-order valence-electron chi connectivity index (χ1n) is 9.55. The molecule has 0 aromatic heterocycles. The summed E-state index contributed by atoms with van der Waals surface area (Å²) in [4.78, 5) is 46.2. The summed E-state index contributed by atoms with van der Waals surface area (Å²) in [5.74, 6) is -3.23. The molecule has 0 radical (unpaired) electrons. The third-order valence-electron chi connectivity index (χ3n) is 4.38. The lowest BCUT2D eigenvalue weighted by Gasteiger charge is -2.16. The molecule has 8 N–H and O–H groups in total. The molecule has 0 aliphatic rings. The number of nitrogens with one attached hydrogen (secondary N) is 3. The van der Waals surface area contributed by atoms with Gasteiger partial charge in [-0.1, -0.05) is 12.1 Å². The summed E-state index contributed by atoms with van der Waals surface area (Å²) in [6.07, 6.45) is -0.185. The molecule has 1 unspecified atom stereocenters. The van der Waals surface area contributed by atoms with E-state index in [1.165, 1.54) is 48.5 Å². The van der Waals surface area contributed by atoms with Gasteiger partial charge in [0.2, 0.25) is 21.8 Å². The second-order valence-corrected chi connectivity index (χ2v) is 8.48. The quantitative estimate of drug-likeness (QED) is 0.221. The molecular weight excluding hydrogens is 454 g/mol. The lowest BCUT2D eigenvalue weighted by molar-refractivity contribution is -0.138. The number of para-hydroxylation sites is 1. The predicted octanol–water partition coefficient (Wildman–Crippen LogP) is -0.964. The molecule has 0 aliphatic heterocycles. The Morgan fingerprint density at radius 1 is 0.939 bits per heavy atom. The van der Waals surface area contributed by atoms with Gasteiger partial charge in [0.05, 0.1) is 5.69 Å². The standard InChI is InChI=1S/C20H23N5O7S/c21-14-3-1-2-4-16(14)33(31,32)25-15(20(29)30)11-24-17(26)9-10-23-19(28)13-7-5-12(6-8-13)18(22)27/h1-8,15,25H,9-11,21H2,(H2,22,27)(H,23,28)(H,24,26)(H,29,30). The fraction of sp³-hybridized carbons (Fsp3) is 0.200. The number of sulfonamides is 1. The molecule has 2 aromatic rings. The van der Waals surface area contributed by atoms with Gasteiger partial charge in [-0.3, -0.25) is 19.2 Å². The van der Waals surface area contributed by atoms with Crippen LogP contribution >= 0.6 is 0 Å². The molecule has 3 amide bonds. The summed E-state index contributed by atoms with van der Waals surface area (Å²) >= 11 is 0. The second kappa shape index (κ2) is 11.1. The van der Waals surface area contributed by atoms with Crippen molar-refractivity contribution in [1.82, 2.24) is 15.4 Å². The van der Waals surface area contributed by atoms with Crippen LogP contribution in [0.5, 0.6) is 0 Å². The highest BCUT2D eigenvalue weighted by Gasteiger charge is 2.27. The van der Waals surface area contributed by atoms with Crippen molar-refractivity contribution in [3.8, 4) is 0 Å². The van der Waals surface area contributed by atoms with Gasteiger partial charge in [-0.15, -0.1) is 0 Å². The van der Waals surface area contributed by atoms with Crippen molar-refractivity contribution < 1.29 is 32.7 Å². The van der Waals surface area contributed by atoms with Crippen molar-refractivity contribution in [2.75, 3.05) is 18.8 Å². The number of carbonyl (C=O) groups is 4. The van der Waals surface area contributed by atoms with Gasteiger partial charge in [0.1, 0.15) is 10.9 Å². The number of hydrogen-bond acceptors (Lipinski definition) is 7. The largest absolute Gasteiger partial charge is 0.480 e. The third-order valence-corrected chi connectivity index (χ3v) is 5.92. The minimum absolute atomic E-state index is 0.0572. The maximum absolute atomic E-state index is 12.4. The van der Waals surface area contributed by atoms with Crippen molar-refractivity contribution in [2.45, 2.75) is 17.4 Å². The number of carbonyl (C=O) groups excluding carboxylic acids is 3. The van der Waals surface area contributed by atoms with Gasteiger partial charge >= 0.3 is 5.97 Å². The first kappa shape index (κ1) is 25.3. The monoisotopic (exact) mass is 477 g/mol. The highest BCUT2D eigenvalue weighted by atomic mass is 32.2. The van der Waals surface area contributed by atoms with Crippen LogP contribution < -0.4 is 26.8 Å². The molecule has 0 fully saturated rings. The maximum Gasteiger partial charge on any atom is 0.323 e. The van der Waals surface area contributed by atoms with Crippen molar-refractivity contribution >= 4 is 39.4 Å². The van der Waals surface area contributed by atoms with Crippen molar-refractivity contribution in [3.05, 3.63) is 59.7 Å². The average molecular weight is 477 g/mol. The Labute approximate surface area is 189 Å². The van der Waals surface area contributed by atoms with Gasteiger partial charge < -0.3 is 27.2 Å². The van der Waals surface area contributed by atoms with E-state index in [4.69, 9.17) is 11.5 Å². The van der Waals surface area contributed by atoms with Gasteiger partial charge in [0.25, 0.3) is 5.91 Å². The van der Waals surface area contributed by atoms with Crippen molar-refractivity contribution in [2.24, 2.45) is 5.73 Å². The molecule has 0 saturated carbocycles. The smallest absolute Gasteiger partial charge is 0.323 e. The number of benzene rings is 2. The van der Waals surface area contributed by atoms with E-state index in [9.17, 15) is 32.7 Å². The fourth-order valence-electron chi connectivity index (χ4n) is 2.64. The van der Waals surface area contributed by atoms with Crippen molar-refractivity contribution in [1.29, 1.82) is 0 Å². The molecule has 176 valence electrons. The molecular formula is C20H23N5O7S. The Bertz CT molecular complexity index is 1150. The van der Waals surface area contributed by atoms with Gasteiger partial charge in [-0.25, -0.2) is 8.42 Å². The number of nitrogen functional groups attached to an aromatic ring is 1. The van der Waals surface area contributed by atoms with E-state index < -0.39 is 46.3 Å². The molecule has 2 aromatic carbocycles. The van der Waals surface area contributed by atoms with Crippen LogP contribution in [0.1, 0.15) is 27.1 Å². The van der Waals surface area contributed by atoms with Crippen LogP contribution in [0.2, 0.25) is 0 Å². The van der Waals surface area contributed by atoms with Crippen LogP contribution in [0.25, 0.3) is 0 Å². The van der Waals surface area contributed by atoms with Gasteiger partial charge in [0, 0.05) is 30.6 Å². The van der Waals surface area contributed by atoms with E-state index in [-0.39, 0.29) is 34.7 Å². The summed E-state index contributed by atoms with van der Waals surface area (Å²) in [5.41, 5.74) is 11.2. The van der Waals surface area contributed by atoms with Crippen LogP contribution in [-0.2, 0) is 19.6 Å². The molecule has 12 nitrogen and oxygen atoms in total. The number of primary amides is 1. The Hall–Kier alpha value is -3.97. The summed E-state index contributed by atoms with van der Waals surface area (Å²) in [6.45, 7) is -0.588. The Morgan fingerprint density at radius 2 is 1.55 bits per heavy atom. The number of carboxylic acids is 1. The Kier molecular flexibility index (Phi) is 8.48. The van der Waals surface area contributed by atoms with Gasteiger partial charge in [-0.2, -0.15) is 4.72 Å². The molecule has 2 rings (SSSR count). The fourth-order valence-corrected chi connectivity index (χ4v) is 3.96. The minimum Gasteiger partial charge on any atom is -0.480 e. The SMILES string of the molecule is NC(=O)c1ccc(C(=O)NCCC(=O)NCC(NS(=O)(=O)c2ccccc2N)C(=O)O)cc1. The van der Waals surface area contributed by atoms with Crippen LogP contribution in [-0.4, -0.2) is 56.3 Å². The van der Waals surface area contributed by atoms with E-state index in [0.717, 1.165) is 0 Å². The van der Waals surface area contributed by atoms with Crippen LogP contribution in [0.4, 0.5) is 5.69 Å². The van der Waals surface area contributed by atoms with E-state index >= 15 is 0 Å². The Balaban J connectivity index is 1.85. The molecule has 33 heavy (non-hydrogen) atoms. The zero-order chi connectivity index (χ0) is 24.6. The van der Waals surface area contributed by atoms with Crippen molar-refractivity contribution in [3.63, 3.8) is 0 Å². The molecule has 1 atom stereocenters. The van der Waals surface area contributed by atoms with E-state index in [0.29, 0.717) is 0 Å². The molecule has 0 heterocycles. The number of rotatable bonds is 11. The van der Waals surface area contributed by atoms with E-state index in [1.54, 1.807) is 0 Å². The van der Waals surface area contributed by atoms with E-state index in [2.05, 4.69) is 10.6 Å². The van der Waals surface area contributed by atoms with E-state index in [1.807, 2.05) is 4.72 Å². The Morgan fingerprint density at radius 3 is 2.12 bits per heavy atom. The number of hydrogen-bond donors (Lipinski definition) is 6. The normalized spacial score (nSPS) is 11.9. The third kappa shape index (κ3) is 7.29. The summed E-state index contributed by atoms with van der Waals surface area (Å²) in [5, 5.41) is 14.1. The number of aliphatic carboxylic acids is 1. The molecule has 0 aliphatic carbocycles. The van der Waals surface area contributed by atoms with Crippen LogP contribution in [0, 0.1) is 0 Å². The molecule has 13 heteroatoms. The van der Waals surface area contributed by atoms with Crippen LogP contribution in [0.15, 0.2) is 53.4 Å². The summed E-state index contributed by atoms with van der Waals surface area (Å²) in [7, 11) is -4.24. The predicted molar refractivity (Wildman–Crippen MR) is 118 cm³/mol. The molecule has 0 bridgehead atoms. The maximum atomic E-state index is 12.4. The zero-order valence-electron chi connectivity index (χ0n) is 17.3. The highest BCUT2D eigenvalue weighted by molar-refractivity contribution is 7.89. The topological polar surface area (TPSA) is 211 Å². The lowest BCUT2D eigenvalue weighted by Crippen LogP contribution is -2.48. The first-order chi connectivity index (χ1) is 15.5. The zero-order valence-corrected chi connectivity index (χ0v) is 18.1. The number of nitrogens with two attached hydrogens (primary N) is 2. The van der Waals surface area contributed by atoms with Crippen LogP contribution in [0.3, 0.4) is 0 Å². The summed E-state index contributed by atoms with van der Waals surface area (Å²) < 4.78 is 26.8. The first-order valence-corrected chi connectivity index (χ1v) is 11.0. The molecule has 0 saturated heterocycles. The number of carboxylic acid groups (broad SMARTS) is 1. The number of amides is 3. The average Bonchev–Trinajstić information content (AvgIpc) is 2.76. The van der Waals surface area contributed by atoms with Gasteiger partial charge in [0.15, 0.2) is 0 Å². The highest BCUT2D eigenvalue weighted by Crippen LogP contribution is 2.17. The molecule has 0 spiro atoms. The van der Waals surface area contributed by atoms with Gasteiger partial charge in [-0.05, 0) is 36.4 Å².